The van der Waals surface area contributed by atoms with E-state index < -0.39 is 0 Å². The summed E-state index contributed by atoms with van der Waals surface area (Å²) in [5.74, 6) is 0. The van der Waals surface area contributed by atoms with E-state index in [4.69, 9.17) is 0 Å². The Morgan fingerprint density at radius 3 is 2.60 bits per heavy atom. The van der Waals surface area contributed by atoms with Crippen LogP contribution in [0.4, 0.5) is 5.69 Å². The third kappa shape index (κ3) is 3.04. The van der Waals surface area contributed by atoms with Crippen LogP contribution in [0, 0.1) is 10.1 Å². The molecule has 2 aromatic heterocycles. The number of H-pyrrole nitrogens is 1. The predicted octanol–water partition coefficient (Wildman–Crippen LogP) is 5.08. The van der Waals surface area contributed by atoms with E-state index in [2.05, 4.69) is 27.9 Å². The molecule has 0 atom stereocenters. The molecule has 0 bridgehead atoms. The minimum atomic E-state index is -0.333. The van der Waals surface area contributed by atoms with Crippen molar-refractivity contribution < 1.29 is 4.92 Å². The van der Waals surface area contributed by atoms with Crippen molar-refractivity contribution in [2.45, 2.75) is 16.3 Å². The summed E-state index contributed by atoms with van der Waals surface area (Å²) in [5, 5.41) is 12.4. The van der Waals surface area contributed by atoms with Gasteiger partial charge in [-0.15, -0.1) is 0 Å². The Labute approximate surface area is 148 Å². The molecule has 0 amide bonds. The Balaban J connectivity index is 1.77. The fraction of sp³-hybridized carbons (Fsp3) is 0.0526. The van der Waals surface area contributed by atoms with E-state index in [1.807, 2.05) is 36.5 Å². The van der Waals surface area contributed by atoms with Crippen molar-refractivity contribution in [1.82, 2.24) is 9.55 Å². The number of nitrogens with one attached hydrogen (secondary N) is 1. The topological polar surface area (TPSA) is 63.9 Å². The quantitative estimate of drug-likeness (QED) is 0.404. The third-order valence-electron chi connectivity index (χ3n) is 4.04. The highest BCUT2D eigenvalue weighted by Crippen LogP contribution is 2.39. The van der Waals surface area contributed by atoms with Gasteiger partial charge in [0.05, 0.1) is 16.4 Å². The van der Waals surface area contributed by atoms with Crippen LogP contribution in [0.2, 0.25) is 0 Å². The first-order valence-corrected chi connectivity index (χ1v) is 8.65. The number of nitro groups is 1. The third-order valence-corrected chi connectivity index (χ3v) is 5.15. The molecule has 0 aliphatic carbocycles. The van der Waals surface area contributed by atoms with Crippen LogP contribution >= 0.6 is 11.8 Å². The normalized spacial score (nSPS) is 11.0. The maximum absolute atomic E-state index is 11.3. The van der Waals surface area contributed by atoms with Crippen molar-refractivity contribution in [3.8, 4) is 0 Å². The average molecular weight is 349 g/mol. The highest BCUT2D eigenvalue weighted by Gasteiger charge is 2.16. The van der Waals surface area contributed by atoms with Gasteiger partial charge in [-0.25, -0.2) is 0 Å². The number of nitro benzene ring substituents is 1. The van der Waals surface area contributed by atoms with Crippen LogP contribution in [0.25, 0.3) is 10.9 Å². The van der Waals surface area contributed by atoms with E-state index in [1.54, 1.807) is 18.2 Å². The van der Waals surface area contributed by atoms with Gasteiger partial charge in [0.1, 0.15) is 0 Å². The van der Waals surface area contributed by atoms with Gasteiger partial charge >= 0.3 is 0 Å². The van der Waals surface area contributed by atoms with Crippen molar-refractivity contribution in [1.29, 1.82) is 0 Å². The first-order chi connectivity index (χ1) is 12.2. The van der Waals surface area contributed by atoms with Crippen LogP contribution in [0.15, 0.2) is 82.8 Å². The van der Waals surface area contributed by atoms with Crippen molar-refractivity contribution >= 4 is 28.4 Å². The van der Waals surface area contributed by atoms with Gasteiger partial charge in [0.15, 0.2) is 0 Å². The molecule has 0 unspecified atom stereocenters. The molecule has 0 radical (unpaired) electrons. The second-order valence-electron chi connectivity index (χ2n) is 5.66. The number of rotatable bonds is 5. The number of aromatic amines is 1. The summed E-state index contributed by atoms with van der Waals surface area (Å²) in [6.45, 7) is 0.727. The minimum absolute atomic E-state index is 0.133. The number of hydrogen-bond acceptors (Lipinski definition) is 3. The number of fused-ring (bicyclic) bond motifs is 1. The summed E-state index contributed by atoms with van der Waals surface area (Å²) >= 11 is 1.43. The number of para-hydroxylation sites is 2. The Morgan fingerprint density at radius 1 is 1.00 bits per heavy atom. The molecular formula is C19H15N3O2S. The van der Waals surface area contributed by atoms with Crippen molar-refractivity contribution in [3.05, 3.63) is 88.9 Å². The van der Waals surface area contributed by atoms with Gasteiger partial charge in [0.25, 0.3) is 5.69 Å². The lowest BCUT2D eigenvalue weighted by Crippen LogP contribution is -1.97. The molecule has 0 saturated carbocycles. The maximum atomic E-state index is 11.3. The van der Waals surface area contributed by atoms with Crippen LogP contribution in [0.1, 0.15) is 5.69 Å². The predicted molar refractivity (Wildman–Crippen MR) is 99.1 cm³/mol. The minimum Gasteiger partial charge on any atom is -0.364 e. The molecule has 0 spiro atoms. The molecule has 0 aliphatic heterocycles. The summed E-state index contributed by atoms with van der Waals surface area (Å²) in [6.07, 6.45) is 3.97. The highest BCUT2D eigenvalue weighted by molar-refractivity contribution is 7.99. The van der Waals surface area contributed by atoms with Crippen molar-refractivity contribution in [2.24, 2.45) is 0 Å². The fourth-order valence-corrected chi connectivity index (χ4v) is 3.98. The van der Waals surface area contributed by atoms with E-state index in [1.165, 1.54) is 11.8 Å². The number of nitrogens with zero attached hydrogens (tertiary/aromatic N) is 2. The monoisotopic (exact) mass is 349 g/mol. The van der Waals surface area contributed by atoms with Gasteiger partial charge in [0.2, 0.25) is 0 Å². The van der Waals surface area contributed by atoms with E-state index in [0.29, 0.717) is 4.90 Å². The van der Waals surface area contributed by atoms with Gasteiger partial charge in [-0.3, -0.25) is 10.1 Å². The molecule has 2 aromatic carbocycles. The zero-order valence-electron chi connectivity index (χ0n) is 13.3. The molecule has 0 fully saturated rings. The van der Waals surface area contributed by atoms with Crippen molar-refractivity contribution in [3.63, 3.8) is 0 Å². The molecule has 4 aromatic rings. The molecule has 1 N–H and O–H groups in total. The van der Waals surface area contributed by atoms with E-state index in [-0.39, 0.29) is 10.6 Å². The SMILES string of the molecule is O=[N+]([O-])c1ccccc1Sc1cn(Cc2ccc[nH]2)c2ccccc12. The largest absolute Gasteiger partial charge is 0.364 e. The van der Waals surface area contributed by atoms with E-state index >= 15 is 0 Å². The number of hydrogen-bond donors (Lipinski definition) is 1. The zero-order chi connectivity index (χ0) is 17.2. The Bertz CT molecular complexity index is 1040. The summed E-state index contributed by atoms with van der Waals surface area (Å²) in [4.78, 5) is 15.8. The van der Waals surface area contributed by atoms with Gasteiger partial charge < -0.3 is 9.55 Å². The van der Waals surface area contributed by atoms with E-state index in [9.17, 15) is 10.1 Å². The Hall–Kier alpha value is -2.99. The summed E-state index contributed by atoms with van der Waals surface area (Å²) in [7, 11) is 0. The molecule has 124 valence electrons. The van der Waals surface area contributed by atoms with E-state index in [0.717, 1.165) is 28.0 Å². The van der Waals surface area contributed by atoms with Crippen LogP contribution < -0.4 is 0 Å². The standard InChI is InChI=1S/C19H15N3O2S/c23-22(24)17-9-3-4-10-18(17)25-19-13-21(12-14-6-5-11-20-14)16-8-2-1-7-15(16)19/h1-11,13,20H,12H2. The molecule has 0 saturated heterocycles. The first kappa shape index (κ1) is 15.5. The summed E-state index contributed by atoms with van der Waals surface area (Å²) < 4.78 is 2.16. The van der Waals surface area contributed by atoms with Crippen LogP contribution in [-0.2, 0) is 6.54 Å². The lowest BCUT2D eigenvalue weighted by atomic mass is 10.2. The smallest absolute Gasteiger partial charge is 0.283 e. The van der Waals surface area contributed by atoms with Gasteiger partial charge in [0, 0.05) is 40.0 Å². The molecule has 25 heavy (non-hydrogen) atoms. The second kappa shape index (κ2) is 6.49. The maximum Gasteiger partial charge on any atom is 0.283 e. The van der Waals surface area contributed by atoms with Crippen LogP contribution in [0.3, 0.4) is 0 Å². The number of aromatic nitrogens is 2. The lowest BCUT2D eigenvalue weighted by Gasteiger charge is -2.02. The molecule has 5 nitrogen and oxygen atoms in total. The highest BCUT2D eigenvalue weighted by atomic mass is 32.2. The summed E-state index contributed by atoms with van der Waals surface area (Å²) in [5.41, 5.74) is 2.36. The zero-order valence-corrected chi connectivity index (χ0v) is 14.1. The molecular weight excluding hydrogens is 334 g/mol. The van der Waals surface area contributed by atoms with Crippen LogP contribution in [-0.4, -0.2) is 14.5 Å². The van der Waals surface area contributed by atoms with Crippen molar-refractivity contribution in [2.75, 3.05) is 0 Å². The Morgan fingerprint density at radius 2 is 1.80 bits per heavy atom. The summed E-state index contributed by atoms with van der Waals surface area (Å²) in [6, 6.07) is 19.0. The Kier molecular flexibility index (Phi) is 4.03. The van der Waals surface area contributed by atoms with Crippen LogP contribution in [0.5, 0.6) is 0 Å². The second-order valence-corrected chi connectivity index (χ2v) is 6.74. The number of benzene rings is 2. The molecule has 4 rings (SSSR count). The molecule has 6 heteroatoms. The van der Waals surface area contributed by atoms with Gasteiger partial charge in [-0.05, 0) is 24.3 Å². The van der Waals surface area contributed by atoms with Gasteiger partial charge in [-0.1, -0.05) is 42.1 Å². The first-order valence-electron chi connectivity index (χ1n) is 7.84. The lowest BCUT2D eigenvalue weighted by molar-refractivity contribution is -0.387. The average Bonchev–Trinajstić information content (AvgIpc) is 3.25. The fourth-order valence-electron chi connectivity index (χ4n) is 2.89. The molecule has 0 aliphatic rings. The van der Waals surface area contributed by atoms with Gasteiger partial charge in [-0.2, -0.15) is 0 Å². The molecule has 2 heterocycles.